The molecule has 0 bridgehead atoms. The molecule has 1 N–H and O–H groups in total. The zero-order valence-electron chi connectivity index (χ0n) is 9.67. The van der Waals surface area contributed by atoms with E-state index in [1.54, 1.807) is 12.4 Å². The van der Waals surface area contributed by atoms with Gasteiger partial charge in [0.2, 0.25) is 10.0 Å². The van der Waals surface area contributed by atoms with Crippen molar-refractivity contribution in [3.05, 3.63) is 16.3 Å². The quantitative estimate of drug-likeness (QED) is 0.876. The maximum Gasteiger partial charge on any atom is 0.243 e. The third-order valence-corrected chi connectivity index (χ3v) is 4.99. The summed E-state index contributed by atoms with van der Waals surface area (Å²) < 4.78 is 25.4. The van der Waals surface area contributed by atoms with Crippen LogP contribution in [0.3, 0.4) is 0 Å². The van der Waals surface area contributed by atoms with E-state index in [4.69, 9.17) is 5.11 Å². The van der Waals surface area contributed by atoms with Gasteiger partial charge >= 0.3 is 0 Å². The number of hydrogen-bond acceptors (Lipinski definition) is 4. The second-order valence-electron chi connectivity index (χ2n) is 4.09. The molecule has 16 heavy (non-hydrogen) atoms. The number of rotatable bonds is 5. The number of aliphatic hydroxyl groups is 1. The largest absolute Gasteiger partial charge is 0.391 e. The topological polar surface area (TPSA) is 57.6 Å². The molecular weight excluding hydrogens is 246 g/mol. The van der Waals surface area contributed by atoms with E-state index in [9.17, 15) is 8.42 Å². The maximum atomic E-state index is 12.0. The summed E-state index contributed by atoms with van der Waals surface area (Å²) in [5, 5.41) is 10.5. The monoisotopic (exact) mass is 263 g/mol. The Hall–Kier alpha value is -0.430. The molecule has 0 aliphatic heterocycles. The lowest BCUT2D eigenvalue weighted by Crippen LogP contribution is -2.30. The lowest BCUT2D eigenvalue weighted by molar-refractivity contribution is 0.285. The molecule has 6 heteroatoms. The first kappa shape index (κ1) is 13.6. The Bertz CT molecular complexity index is 437. The van der Waals surface area contributed by atoms with Crippen molar-refractivity contribution in [1.82, 2.24) is 4.31 Å². The molecule has 0 aliphatic rings. The van der Waals surface area contributed by atoms with E-state index < -0.39 is 10.0 Å². The highest BCUT2D eigenvalue weighted by molar-refractivity contribution is 7.89. The summed E-state index contributed by atoms with van der Waals surface area (Å²) in [5.74, 6) is 0.288. The van der Waals surface area contributed by atoms with Crippen LogP contribution in [0.4, 0.5) is 0 Å². The van der Waals surface area contributed by atoms with Crippen LogP contribution < -0.4 is 0 Å². The molecule has 1 aromatic rings. The van der Waals surface area contributed by atoms with Crippen LogP contribution >= 0.6 is 11.3 Å². The second-order valence-corrected chi connectivity index (χ2v) is 7.13. The normalized spacial score (nSPS) is 12.6. The SMILES string of the molecule is CC(C)CN(C)S(=O)(=O)c1csc(CO)c1. The highest BCUT2D eigenvalue weighted by Crippen LogP contribution is 2.22. The van der Waals surface area contributed by atoms with Crippen molar-refractivity contribution in [3.8, 4) is 0 Å². The molecule has 0 fully saturated rings. The standard InChI is InChI=1S/C10H17NO3S2/c1-8(2)5-11(3)16(13,14)10-4-9(6-12)15-7-10/h4,7-8,12H,5-6H2,1-3H3. The van der Waals surface area contributed by atoms with Gasteiger partial charge in [0, 0.05) is 23.8 Å². The first-order valence-electron chi connectivity index (χ1n) is 5.02. The second kappa shape index (κ2) is 5.27. The van der Waals surface area contributed by atoms with Crippen molar-refractivity contribution in [2.24, 2.45) is 5.92 Å². The molecule has 0 unspecified atom stereocenters. The fourth-order valence-corrected chi connectivity index (χ4v) is 3.83. The van der Waals surface area contributed by atoms with Crippen molar-refractivity contribution in [3.63, 3.8) is 0 Å². The number of aliphatic hydroxyl groups excluding tert-OH is 1. The highest BCUT2D eigenvalue weighted by atomic mass is 32.2. The summed E-state index contributed by atoms with van der Waals surface area (Å²) in [7, 11) is -1.82. The zero-order chi connectivity index (χ0) is 12.3. The average Bonchev–Trinajstić information content (AvgIpc) is 2.65. The Morgan fingerprint density at radius 1 is 1.50 bits per heavy atom. The Labute approximate surface area is 101 Å². The van der Waals surface area contributed by atoms with Crippen molar-refractivity contribution >= 4 is 21.4 Å². The zero-order valence-corrected chi connectivity index (χ0v) is 11.3. The van der Waals surface area contributed by atoms with Crippen molar-refractivity contribution in [1.29, 1.82) is 0 Å². The minimum atomic E-state index is -3.39. The van der Waals surface area contributed by atoms with Gasteiger partial charge in [-0.3, -0.25) is 0 Å². The van der Waals surface area contributed by atoms with Gasteiger partial charge in [0.25, 0.3) is 0 Å². The molecule has 1 heterocycles. The molecule has 0 atom stereocenters. The average molecular weight is 263 g/mol. The lowest BCUT2D eigenvalue weighted by atomic mass is 10.2. The predicted octanol–water partition coefficient (Wildman–Crippen LogP) is 1.52. The van der Waals surface area contributed by atoms with E-state index in [0.717, 1.165) is 0 Å². The molecular formula is C10H17NO3S2. The molecule has 0 radical (unpaired) electrons. The summed E-state index contributed by atoms with van der Waals surface area (Å²) in [5.41, 5.74) is 0. The van der Waals surface area contributed by atoms with Gasteiger partial charge < -0.3 is 5.11 Å². The van der Waals surface area contributed by atoms with Crippen molar-refractivity contribution in [2.75, 3.05) is 13.6 Å². The Balaban J connectivity index is 2.92. The fraction of sp³-hybridized carbons (Fsp3) is 0.600. The van der Waals surface area contributed by atoms with Gasteiger partial charge in [-0.05, 0) is 12.0 Å². The van der Waals surface area contributed by atoms with Gasteiger partial charge in [-0.1, -0.05) is 13.8 Å². The Morgan fingerprint density at radius 3 is 2.56 bits per heavy atom. The number of thiophene rings is 1. The molecule has 0 saturated carbocycles. The molecule has 0 aromatic carbocycles. The predicted molar refractivity (Wildman–Crippen MR) is 64.9 cm³/mol. The molecule has 92 valence electrons. The van der Waals surface area contributed by atoms with Crippen LogP contribution in [0.1, 0.15) is 18.7 Å². The molecule has 4 nitrogen and oxygen atoms in total. The summed E-state index contributed by atoms with van der Waals surface area (Å²) in [4.78, 5) is 0.932. The van der Waals surface area contributed by atoms with E-state index >= 15 is 0 Å². The molecule has 0 saturated heterocycles. The van der Waals surface area contributed by atoms with Crippen molar-refractivity contribution < 1.29 is 13.5 Å². The van der Waals surface area contributed by atoms with Crippen LogP contribution in [0.25, 0.3) is 0 Å². The van der Waals surface area contributed by atoms with Gasteiger partial charge in [0.05, 0.1) is 11.5 Å². The van der Waals surface area contributed by atoms with Crippen LogP contribution in [0, 0.1) is 5.92 Å². The van der Waals surface area contributed by atoms with Crippen LogP contribution in [0.5, 0.6) is 0 Å². The lowest BCUT2D eigenvalue weighted by Gasteiger charge is -2.18. The number of hydrogen-bond donors (Lipinski definition) is 1. The van der Waals surface area contributed by atoms with E-state index in [-0.39, 0.29) is 17.4 Å². The first-order valence-corrected chi connectivity index (χ1v) is 7.34. The number of nitrogens with zero attached hydrogens (tertiary/aromatic N) is 1. The van der Waals surface area contributed by atoms with Gasteiger partial charge in [-0.2, -0.15) is 0 Å². The van der Waals surface area contributed by atoms with Gasteiger partial charge in [0.1, 0.15) is 0 Å². The van der Waals surface area contributed by atoms with Crippen LogP contribution in [-0.2, 0) is 16.6 Å². The molecule has 0 aliphatic carbocycles. The molecule has 0 spiro atoms. The molecule has 1 aromatic heterocycles. The minimum absolute atomic E-state index is 0.117. The van der Waals surface area contributed by atoms with E-state index in [1.807, 2.05) is 13.8 Å². The smallest absolute Gasteiger partial charge is 0.243 e. The van der Waals surface area contributed by atoms with Crippen molar-refractivity contribution in [2.45, 2.75) is 25.3 Å². The Kier molecular flexibility index (Phi) is 4.49. The van der Waals surface area contributed by atoms with E-state index in [2.05, 4.69) is 0 Å². The summed E-state index contributed by atoms with van der Waals surface area (Å²) >= 11 is 1.26. The third-order valence-electron chi connectivity index (χ3n) is 2.12. The molecule has 0 amide bonds. The summed E-state index contributed by atoms with van der Waals surface area (Å²) in [6, 6.07) is 1.52. The van der Waals surface area contributed by atoms with E-state index in [0.29, 0.717) is 11.4 Å². The van der Waals surface area contributed by atoms with Gasteiger partial charge in [0.15, 0.2) is 0 Å². The third kappa shape index (κ3) is 3.04. The van der Waals surface area contributed by atoms with Crippen LogP contribution in [0.2, 0.25) is 0 Å². The van der Waals surface area contributed by atoms with Gasteiger partial charge in [-0.15, -0.1) is 11.3 Å². The highest BCUT2D eigenvalue weighted by Gasteiger charge is 2.22. The fourth-order valence-electron chi connectivity index (χ4n) is 1.37. The minimum Gasteiger partial charge on any atom is -0.391 e. The summed E-state index contributed by atoms with van der Waals surface area (Å²) in [6.45, 7) is 4.32. The summed E-state index contributed by atoms with van der Waals surface area (Å²) in [6.07, 6.45) is 0. The van der Waals surface area contributed by atoms with Crippen LogP contribution in [-0.4, -0.2) is 31.4 Å². The number of sulfonamides is 1. The van der Waals surface area contributed by atoms with Gasteiger partial charge in [-0.25, -0.2) is 12.7 Å². The van der Waals surface area contributed by atoms with Crippen LogP contribution in [0.15, 0.2) is 16.3 Å². The first-order chi connectivity index (χ1) is 7.37. The Morgan fingerprint density at radius 2 is 2.12 bits per heavy atom. The molecule has 1 rings (SSSR count). The maximum absolute atomic E-state index is 12.0. The van der Waals surface area contributed by atoms with E-state index in [1.165, 1.54) is 21.7 Å².